The lowest BCUT2D eigenvalue weighted by atomic mass is 10.0. The number of esters is 4. The molecule has 0 aliphatic carbocycles. The molecular formula is C78H152O17P2. The van der Waals surface area contributed by atoms with Gasteiger partial charge < -0.3 is 33.8 Å². The molecule has 0 aliphatic rings. The van der Waals surface area contributed by atoms with Crippen molar-refractivity contribution in [3.05, 3.63) is 0 Å². The van der Waals surface area contributed by atoms with Gasteiger partial charge in [0, 0.05) is 25.7 Å². The van der Waals surface area contributed by atoms with Gasteiger partial charge in [-0.2, -0.15) is 0 Å². The molecule has 0 spiro atoms. The van der Waals surface area contributed by atoms with Gasteiger partial charge in [0.1, 0.15) is 19.3 Å². The highest BCUT2D eigenvalue weighted by molar-refractivity contribution is 7.47. The fourth-order valence-electron chi connectivity index (χ4n) is 11.9. The lowest BCUT2D eigenvalue weighted by Crippen LogP contribution is -2.30. The number of hydrogen-bond acceptors (Lipinski definition) is 15. The Morgan fingerprint density at radius 1 is 0.258 bits per heavy atom. The number of rotatable bonds is 75. The summed E-state index contributed by atoms with van der Waals surface area (Å²) in [6, 6.07) is 0. The van der Waals surface area contributed by atoms with Gasteiger partial charge in [0.2, 0.25) is 0 Å². The molecule has 576 valence electrons. The molecule has 0 radical (unpaired) electrons. The van der Waals surface area contributed by atoms with Crippen molar-refractivity contribution in [1.82, 2.24) is 0 Å². The van der Waals surface area contributed by atoms with Gasteiger partial charge in [0.05, 0.1) is 26.4 Å². The molecule has 0 amide bonds. The first-order valence-corrected chi connectivity index (χ1v) is 43.2. The monoisotopic (exact) mass is 1420 g/mol. The number of carbonyl (C=O) groups is 4. The lowest BCUT2D eigenvalue weighted by molar-refractivity contribution is -0.161. The summed E-state index contributed by atoms with van der Waals surface area (Å²) in [4.78, 5) is 72.8. The Balaban J connectivity index is 5.19. The minimum atomic E-state index is -4.96. The van der Waals surface area contributed by atoms with Gasteiger partial charge in [0.15, 0.2) is 12.2 Å². The largest absolute Gasteiger partial charge is 0.472 e. The number of aliphatic hydroxyl groups excluding tert-OH is 1. The molecule has 97 heavy (non-hydrogen) atoms. The third-order valence-electron chi connectivity index (χ3n) is 18.1. The van der Waals surface area contributed by atoms with E-state index >= 15 is 0 Å². The van der Waals surface area contributed by atoms with Crippen LogP contribution in [-0.4, -0.2) is 96.7 Å². The van der Waals surface area contributed by atoms with Gasteiger partial charge in [-0.3, -0.25) is 37.3 Å². The van der Waals surface area contributed by atoms with E-state index in [0.717, 1.165) is 108 Å². The van der Waals surface area contributed by atoms with Crippen molar-refractivity contribution < 1.29 is 80.2 Å². The van der Waals surface area contributed by atoms with Crippen LogP contribution in [0.25, 0.3) is 0 Å². The number of aliphatic hydroxyl groups is 1. The fourth-order valence-corrected chi connectivity index (χ4v) is 13.5. The predicted molar refractivity (Wildman–Crippen MR) is 395 cm³/mol. The summed E-state index contributed by atoms with van der Waals surface area (Å²) in [6.45, 7) is 14.1. The maximum Gasteiger partial charge on any atom is 0.472 e. The van der Waals surface area contributed by atoms with Crippen LogP contribution in [0.4, 0.5) is 0 Å². The number of phosphoric ester groups is 2. The predicted octanol–water partition coefficient (Wildman–Crippen LogP) is 22.8. The maximum atomic E-state index is 13.1. The summed E-state index contributed by atoms with van der Waals surface area (Å²) in [5.41, 5.74) is 0. The highest BCUT2D eigenvalue weighted by atomic mass is 31.2. The summed E-state index contributed by atoms with van der Waals surface area (Å²) < 4.78 is 68.5. The number of ether oxygens (including phenoxy) is 4. The summed E-state index contributed by atoms with van der Waals surface area (Å²) in [6.07, 6.45) is 53.2. The molecule has 0 aromatic heterocycles. The second-order valence-corrected chi connectivity index (χ2v) is 32.9. The molecule has 0 aliphatic heterocycles. The Bertz CT molecular complexity index is 1900. The van der Waals surface area contributed by atoms with Crippen LogP contribution in [0.1, 0.15) is 396 Å². The molecule has 0 saturated carbocycles. The highest BCUT2D eigenvalue weighted by Crippen LogP contribution is 2.45. The SMILES string of the molecule is CC(C)CCCCCCCCCCCCCCCCCCCCC(=O)O[C@H](COC(=O)CCCCCCCCCCCCCCCCC(C)C)COP(=O)(O)OCC(O)COP(=O)(O)OC[C@@H](COC(=O)CCCCCCCCCC(C)C)OC(=O)CCCCCCCCC(C)C. The van der Waals surface area contributed by atoms with E-state index < -0.39 is 97.5 Å². The van der Waals surface area contributed by atoms with E-state index in [1.807, 2.05) is 0 Å². The van der Waals surface area contributed by atoms with Gasteiger partial charge >= 0.3 is 39.5 Å². The zero-order valence-corrected chi connectivity index (χ0v) is 65.5. The average molecular weight is 1420 g/mol. The number of hydrogen-bond donors (Lipinski definition) is 3. The van der Waals surface area contributed by atoms with Crippen LogP contribution in [-0.2, 0) is 65.4 Å². The Labute approximate surface area is 594 Å². The molecular weight excluding hydrogens is 1270 g/mol. The van der Waals surface area contributed by atoms with E-state index in [9.17, 15) is 43.2 Å². The number of unbranched alkanes of at least 4 members (excludes halogenated alkanes) is 41. The van der Waals surface area contributed by atoms with E-state index in [1.165, 1.54) is 193 Å². The molecule has 3 unspecified atom stereocenters. The van der Waals surface area contributed by atoms with Gasteiger partial charge in [-0.15, -0.1) is 0 Å². The molecule has 0 rings (SSSR count). The van der Waals surface area contributed by atoms with Gasteiger partial charge in [-0.1, -0.05) is 344 Å². The van der Waals surface area contributed by atoms with Crippen LogP contribution in [0, 0.1) is 23.7 Å². The normalized spacial score (nSPS) is 14.1. The van der Waals surface area contributed by atoms with Crippen molar-refractivity contribution in [2.45, 2.75) is 414 Å². The van der Waals surface area contributed by atoms with Crippen LogP contribution >= 0.6 is 15.6 Å². The first-order valence-electron chi connectivity index (χ1n) is 40.2. The molecule has 0 saturated heterocycles. The quantitative estimate of drug-likeness (QED) is 0.0222. The zero-order chi connectivity index (χ0) is 71.7. The maximum absolute atomic E-state index is 13.1. The summed E-state index contributed by atoms with van der Waals surface area (Å²) in [5, 5.41) is 10.6. The van der Waals surface area contributed by atoms with E-state index in [-0.39, 0.29) is 25.7 Å². The van der Waals surface area contributed by atoms with E-state index in [0.29, 0.717) is 37.5 Å². The average Bonchev–Trinajstić information content (AvgIpc) is 1.16. The number of carbonyl (C=O) groups excluding carboxylic acids is 4. The van der Waals surface area contributed by atoms with Crippen LogP contribution in [0.5, 0.6) is 0 Å². The fraction of sp³-hybridized carbons (Fsp3) is 0.949. The molecule has 0 fully saturated rings. The topological polar surface area (TPSA) is 237 Å². The minimum Gasteiger partial charge on any atom is -0.462 e. The van der Waals surface area contributed by atoms with E-state index in [2.05, 4.69) is 55.4 Å². The van der Waals surface area contributed by atoms with Gasteiger partial charge in [-0.05, 0) is 49.4 Å². The van der Waals surface area contributed by atoms with Crippen molar-refractivity contribution in [2.75, 3.05) is 39.6 Å². The van der Waals surface area contributed by atoms with E-state index in [1.54, 1.807) is 0 Å². The third kappa shape index (κ3) is 72.2. The molecule has 3 N–H and O–H groups in total. The molecule has 0 heterocycles. The molecule has 19 heteroatoms. The Kier molecular flexibility index (Phi) is 65.9. The molecule has 0 aromatic carbocycles. The first-order chi connectivity index (χ1) is 46.6. The summed E-state index contributed by atoms with van der Waals surface area (Å²) >= 11 is 0. The molecule has 0 bridgehead atoms. The second kappa shape index (κ2) is 67.2. The zero-order valence-electron chi connectivity index (χ0n) is 63.7. The van der Waals surface area contributed by atoms with Crippen LogP contribution in [0.3, 0.4) is 0 Å². The Hall–Kier alpha value is -1.94. The van der Waals surface area contributed by atoms with Crippen LogP contribution < -0.4 is 0 Å². The number of phosphoric acid groups is 2. The van der Waals surface area contributed by atoms with Gasteiger partial charge in [-0.25, -0.2) is 9.13 Å². The highest BCUT2D eigenvalue weighted by Gasteiger charge is 2.30. The summed E-state index contributed by atoms with van der Waals surface area (Å²) in [5.74, 6) is 0.870. The smallest absolute Gasteiger partial charge is 0.462 e. The minimum absolute atomic E-state index is 0.101. The molecule has 0 aromatic rings. The van der Waals surface area contributed by atoms with Crippen LogP contribution in [0.2, 0.25) is 0 Å². The molecule has 5 atom stereocenters. The summed E-state index contributed by atoms with van der Waals surface area (Å²) in [7, 11) is -9.91. The van der Waals surface area contributed by atoms with Crippen molar-refractivity contribution in [3.8, 4) is 0 Å². The van der Waals surface area contributed by atoms with Gasteiger partial charge in [0.25, 0.3) is 0 Å². The Morgan fingerprint density at radius 3 is 0.639 bits per heavy atom. The van der Waals surface area contributed by atoms with Crippen molar-refractivity contribution in [2.24, 2.45) is 23.7 Å². The first kappa shape index (κ1) is 95.1. The second-order valence-electron chi connectivity index (χ2n) is 30.0. The Morgan fingerprint density at radius 2 is 0.433 bits per heavy atom. The standard InChI is InChI=1S/C78H152O17P2/c1-68(2)54-46-38-30-25-21-17-13-11-9-10-12-14-20-24-28-34-44-52-60-77(82)94-73(64-88-75(80)58-50-42-33-27-23-19-16-15-18-22-26-31-39-47-55-69(3)4)66-92-96(84,85)90-62-72(79)63-91-97(86,87)93-67-74(95-78(83)61-53-45-37-36-41-49-57-71(7)8)65-89-76(81)59-51-43-35-29-32-40-48-56-70(5)6/h68-74,79H,9-67H2,1-8H3,(H,84,85)(H,86,87)/t72?,73-,74-/m1/s1. The molecule has 17 nitrogen and oxygen atoms in total. The van der Waals surface area contributed by atoms with Crippen LogP contribution in [0.15, 0.2) is 0 Å². The van der Waals surface area contributed by atoms with Crippen molar-refractivity contribution >= 4 is 39.5 Å². The van der Waals surface area contributed by atoms with Crippen molar-refractivity contribution in [3.63, 3.8) is 0 Å². The lowest BCUT2D eigenvalue weighted by Gasteiger charge is -2.21. The third-order valence-corrected chi connectivity index (χ3v) is 20.0. The van der Waals surface area contributed by atoms with E-state index in [4.69, 9.17) is 37.0 Å². The van der Waals surface area contributed by atoms with Crippen molar-refractivity contribution in [1.29, 1.82) is 0 Å².